The first-order valence-electron chi connectivity index (χ1n) is 8.23. The number of aromatic nitrogens is 1. The third-order valence-corrected chi connectivity index (χ3v) is 5.63. The minimum Gasteiger partial charge on any atom is -0.503 e. The third-order valence-electron chi connectivity index (χ3n) is 4.90. The Hall–Kier alpha value is -2.65. The van der Waals surface area contributed by atoms with Crippen molar-refractivity contribution < 1.29 is 19.8 Å². The first-order valence-corrected chi connectivity index (χ1v) is 9.17. The van der Waals surface area contributed by atoms with Crippen LogP contribution in [0.2, 0.25) is 0 Å². The van der Waals surface area contributed by atoms with E-state index in [0.717, 1.165) is 24.7 Å². The molecule has 2 aliphatic heterocycles. The molecular formula is C17H17N3O5S. The van der Waals surface area contributed by atoms with E-state index >= 15 is 0 Å². The highest BCUT2D eigenvalue weighted by Gasteiger charge is 2.40. The number of fused-ring (bicyclic) bond motifs is 2. The number of carbonyl (C=O) groups excluding carboxylic acids is 1. The molecule has 1 saturated heterocycles. The fourth-order valence-corrected chi connectivity index (χ4v) is 4.33. The third kappa shape index (κ3) is 2.60. The van der Waals surface area contributed by atoms with Crippen molar-refractivity contribution in [3.8, 4) is 5.75 Å². The zero-order valence-corrected chi connectivity index (χ0v) is 14.6. The van der Waals surface area contributed by atoms with Crippen LogP contribution in [-0.4, -0.2) is 55.7 Å². The Morgan fingerprint density at radius 1 is 1.31 bits per heavy atom. The second kappa shape index (κ2) is 6.26. The molecule has 4 heterocycles. The molecule has 2 aromatic rings. The minimum atomic E-state index is -1.42. The molecule has 9 heteroatoms. The average Bonchev–Trinajstić information content (AvgIpc) is 3.11. The van der Waals surface area contributed by atoms with E-state index < -0.39 is 28.6 Å². The summed E-state index contributed by atoms with van der Waals surface area (Å²) in [5.74, 6) is -2.65. The second-order valence-corrected chi connectivity index (χ2v) is 7.24. The number of hydrogen-bond donors (Lipinski definition) is 2. The van der Waals surface area contributed by atoms with Crippen molar-refractivity contribution in [3.05, 3.63) is 50.1 Å². The highest BCUT2D eigenvalue weighted by atomic mass is 32.1. The maximum atomic E-state index is 12.9. The summed E-state index contributed by atoms with van der Waals surface area (Å²) in [6.07, 6.45) is 1.71. The molecule has 4 rings (SSSR count). The van der Waals surface area contributed by atoms with Gasteiger partial charge in [0.2, 0.25) is 5.43 Å². The fourth-order valence-electron chi connectivity index (χ4n) is 3.67. The van der Waals surface area contributed by atoms with Crippen molar-refractivity contribution in [1.29, 1.82) is 0 Å². The van der Waals surface area contributed by atoms with Gasteiger partial charge < -0.3 is 19.7 Å². The van der Waals surface area contributed by atoms with E-state index in [-0.39, 0.29) is 11.9 Å². The number of hydrogen-bond acceptors (Lipinski definition) is 6. The van der Waals surface area contributed by atoms with Crippen LogP contribution in [-0.2, 0) is 13.1 Å². The van der Waals surface area contributed by atoms with Gasteiger partial charge in [-0.05, 0) is 28.8 Å². The van der Waals surface area contributed by atoms with E-state index in [1.165, 1.54) is 4.57 Å². The summed E-state index contributed by atoms with van der Waals surface area (Å²) in [7, 11) is 0. The molecule has 0 bridgehead atoms. The van der Waals surface area contributed by atoms with Crippen LogP contribution in [0.15, 0.2) is 27.8 Å². The van der Waals surface area contributed by atoms with Gasteiger partial charge in [0.25, 0.3) is 5.91 Å². The van der Waals surface area contributed by atoms with Gasteiger partial charge in [0.15, 0.2) is 11.4 Å². The Balaban J connectivity index is 1.75. The topological polar surface area (TPSA) is 103 Å². The van der Waals surface area contributed by atoms with Crippen LogP contribution in [0, 0.1) is 0 Å². The predicted octanol–water partition coefficient (Wildman–Crippen LogP) is 1.00. The number of amides is 1. The van der Waals surface area contributed by atoms with Crippen molar-refractivity contribution in [2.24, 2.45) is 0 Å². The zero-order chi connectivity index (χ0) is 18.4. The molecule has 2 aliphatic rings. The Kier molecular flexibility index (Phi) is 4.04. The predicted molar refractivity (Wildman–Crippen MR) is 93.5 cm³/mol. The molecule has 0 aromatic carbocycles. The largest absolute Gasteiger partial charge is 0.503 e. The standard InChI is InChI=1S/C17H17N3O5S/c21-14-11(17(24)25)7-19-8-12-18(6-10-2-5-26-9-10)3-1-4-20(12)16(23)13(19)15(14)22/h2,5,7,9,12,22H,1,3-4,6,8H2,(H,24,25). The molecular weight excluding hydrogens is 358 g/mol. The second-order valence-electron chi connectivity index (χ2n) is 6.46. The highest BCUT2D eigenvalue weighted by Crippen LogP contribution is 2.29. The Labute approximate surface area is 152 Å². The van der Waals surface area contributed by atoms with E-state index in [9.17, 15) is 24.6 Å². The monoisotopic (exact) mass is 375 g/mol. The molecule has 8 nitrogen and oxygen atoms in total. The first-order chi connectivity index (χ1) is 12.5. The van der Waals surface area contributed by atoms with Gasteiger partial charge in [-0.25, -0.2) is 4.79 Å². The minimum absolute atomic E-state index is 0.131. The number of thiophene rings is 1. The van der Waals surface area contributed by atoms with Crippen molar-refractivity contribution in [1.82, 2.24) is 14.4 Å². The number of nitrogens with zero attached hydrogens (tertiary/aromatic N) is 3. The van der Waals surface area contributed by atoms with Crippen LogP contribution in [0.3, 0.4) is 0 Å². The molecule has 26 heavy (non-hydrogen) atoms. The number of rotatable bonds is 3. The Morgan fingerprint density at radius 2 is 2.12 bits per heavy atom. The van der Waals surface area contributed by atoms with E-state index in [1.807, 2.05) is 11.4 Å². The number of aromatic carboxylic acids is 1. The zero-order valence-electron chi connectivity index (χ0n) is 13.8. The van der Waals surface area contributed by atoms with E-state index in [0.29, 0.717) is 19.6 Å². The summed E-state index contributed by atoms with van der Waals surface area (Å²) in [6, 6.07) is 2.04. The molecule has 1 fully saturated rings. The molecule has 0 spiro atoms. The van der Waals surface area contributed by atoms with Gasteiger partial charge in [0.05, 0.1) is 6.54 Å². The highest BCUT2D eigenvalue weighted by molar-refractivity contribution is 7.07. The van der Waals surface area contributed by atoms with E-state index in [4.69, 9.17) is 0 Å². The van der Waals surface area contributed by atoms with Crippen molar-refractivity contribution in [3.63, 3.8) is 0 Å². The molecule has 2 aromatic heterocycles. The summed E-state index contributed by atoms with van der Waals surface area (Å²) in [5, 5.41) is 23.4. The molecule has 1 unspecified atom stereocenters. The Bertz CT molecular complexity index is 937. The van der Waals surface area contributed by atoms with Crippen molar-refractivity contribution in [2.75, 3.05) is 13.1 Å². The van der Waals surface area contributed by atoms with Crippen LogP contribution in [0.25, 0.3) is 0 Å². The molecule has 0 saturated carbocycles. The normalized spacial score (nSPS) is 19.9. The number of carboxylic acids is 1. The van der Waals surface area contributed by atoms with Gasteiger partial charge in [-0.15, -0.1) is 0 Å². The average molecular weight is 375 g/mol. The maximum Gasteiger partial charge on any atom is 0.341 e. The van der Waals surface area contributed by atoms with Crippen LogP contribution < -0.4 is 5.43 Å². The smallest absolute Gasteiger partial charge is 0.341 e. The number of carbonyl (C=O) groups is 2. The van der Waals surface area contributed by atoms with Crippen molar-refractivity contribution in [2.45, 2.75) is 25.7 Å². The van der Waals surface area contributed by atoms with Gasteiger partial charge in [-0.1, -0.05) is 0 Å². The molecule has 1 atom stereocenters. The van der Waals surface area contributed by atoms with Crippen LogP contribution in [0.4, 0.5) is 0 Å². The van der Waals surface area contributed by atoms with Crippen molar-refractivity contribution >= 4 is 23.2 Å². The summed E-state index contributed by atoms with van der Waals surface area (Å²) < 4.78 is 1.40. The molecule has 1 amide bonds. The lowest BCUT2D eigenvalue weighted by Gasteiger charge is -2.47. The summed E-state index contributed by atoms with van der Waals surface area (Å²) in [5.41, 5.74) is -0.534. The SMILES string of the molecule is O=C(O)c1cn2c(c(O)c1=O)C(=O)N1CCCN(Cc3ccsc3)C1C2. The lowest BCUT2D eigenvalue weighted by molar-refractivity contribution is -0.0140. The van der Waals surface area contributed by atoms with Gasteiger partial charge in [0.1, 0.15) is 11.7 Å². The lowest BCUT2D eigenvalue weighted by atomic mass is 10.1. The van der Waals surface area contributed by atoms with E-state index in [1.54, 1.807) is 16.2 Å². The summed E-state index contributed by atoms with van der Waals surface area (Å²) in [6.45, 7) is 2.35. The van der Waals surface area contributed by atoms with Gasteiger partial charge in [-0.2, -0.15) is 11.3 Å². The van der Waals surface area contributed by atoms with Crippen LogP contribution in [0.5, 0.6) is 5.75 Å². The molecule has 2 N–H and O–H groups in total. The quantitative estimate of drug-likeness (QED) is 0.830. The number of pyridine rings is 1. The first kappa shape index (κ1) is 16.8. The molecule has 0 radical (unpaired) electrons. The summed E-state index contributed by atoms with van der Waals surface area (Å²) in [4.78, 5) is 40.0. The van der Waals surface area contributed by atoms with Crippen LogP contribution >= 0.6 is 11.3 Å². The maximum absolute atomic E-state index is 12.9. The number of carboxylic acid groups (broad SMARTS) is 1. The van der Waals surface area contributed by atoms with Gasteiger partial charge in [-0.3, -0.25) is 14.5 Å². The lowest BCUT2D eigenvalue weighted by Crippen LogP contribution is -2.60. The number of aromatic hydroxyl groups is 1. The Morgan fingerprint density at radius 3 is 2.81 bits per heavy atom. The van der Waals surface area contributed by atoms with E-state index in [2.05, 4.69) is 10.3 Å². The molecule has 136 valence electrons. The fraction of sp³-hybridized carbons (Fsp3) is 0.353. The summed E-state index contributed by atoms with van der Waals surface area (Å²) >= 11 is 1.61. The van der Waals surface area contributed by atoms with Gasteiger partial charge in [0, 0.05) is 25.8 Å². The van der Waals surface area contributed by atoms with Crippen LogP contribution in [0.1, 0.15) is 32.8 Å². The molecule has 0 aliphatic carbocycles. The van der Waals surface area contributed by atoms with Gasteiger partial charge >= 0.3 is 5.97 Å².